The van der Waals surface area contributed by atoms with Crippen LogP contribution in [0.5, 0.6) is 0 Å². The number of hydrogen-bond acceptors (Lipinski definition) is 5. The first-order valence-electron chi connectivity index (χ1n) is 7.54. The number of aromatic nitrogens is 1. The van der Waals surface area contributed by atoms with E-state index in [0.29, 0.717) is 24.5 Å². The fourth-order valence-corrected chi connectivity index (χ4v) is 2.94. The number of likely N-dealkylation sites (tertiary alicyclic amines) is 1. The third kappa shape index (κ3) is 3.28. The minimum Gasteiger partial charge on any atom is -0.444 e. The molecule has 0 spiro atoms. The van der Waals surface area contributed by atoms with Crippen molar-refractivity contribution in [1.29, 1.82) is 0 Å². The predicted molar refractivity (Wildman–Crippen MR) is 84.1 cm³/mol. The summed E-state index contributed by atoms with van der Waals surface area (Å²) in [5.41, 5.74) is 1.54. The van der Waals surface area contributed by atoms with Crippen LogP contribution in [0.25, 0.3) is 11.3 Å². The van der Waals surface area contributed by atoms with Gasteiger partial charge in [0, 0.05) is 31.9 Å². The monoisotopic (exact) mass is 316 g/mol. The van der Waals surface area contributed by atoms with Crippen LogP contribution in [-0.2, 0) is 9.47 Å². The fourth-order valence-electron chi connectivity index (χ4n) is 2.94. The molecule has 1 aromatic carbocycles. The minimum absolute atomic E-state index is 0.00396. The lowest BCUT2D eigenvalue weighted by Crippen LogP contribution is -2.38. The van der Waals surface area contributed by atoms with Gasteiger partial charge in [-0.1, -0.05) is 12.1 Å². The molecule has 1 aliphatic rings. The molecule has 0 saturated carbocycles. The normalized spacial score (nSPS) is 20.9. The topological polar surface area (TPSA) is 64.8 Å². The third-order valence-corrected chi connectivity index (χ3v) is 4.18. The molecule has 1 saturated heterocycles. The van der Waals surface area contributed by atoms with E-state index in [1.165, 1.54) is 6.39 Å². The van der Waals surface area contributed by atoms with Gasteiger partial charge >= 0.3 is 0 Å². The number of nitrogens with zero attached hydrogens (tertiary/aromatic N) is 2. The molecule has 0 N–H and O–H groups in total. The van der Waals surface area contributed by atoms with Crippen LogP contribution in [0.2, 0.25) is 0 Å². The molecular formula is C17H20N2O4. The van der Waals surface area contributed by atoms with Crippen molar-refractivity contribution >= 4 is 5.91 Å². The van der Waals surface area contributed by atoms with Gasteiger partial charge in [-0.3, -0.25) is 4.79 Å². The van der Waals surface area contributed by atoms with Crippen molar-refractivity contribution in [2.24, 2.45) is 0 Å². The molecule has 23 heavy (non-hydrogen) atoms. The minimum atomic E-state index is -0.00396. The number of ether oxygens (including phenoxy) is 2. The van der Waals surface area contributed by atoms with Gasteiger partial charge in [0.25, 0.3) is 5.91 Å². The summed E-state index contributed by atoms with van der Waals surface area (Å²) in [5, 5.41) is 0. The van der Waals surface area contributed by atoms with E-state index >= 15 is 0 Å². The number of carbonyl (C=O) groups is 1. The Morgan fingerprint density at radius 1 is 1.35 bits per heavy atom. The molecule has 3 rings (SSSR count). The van der Waals surface area contributed by atoms with E-state index in [2.05, 4.69) is 4.98 Å². The SMILES string of the molecule is COC[C@@H]1C[C@@H](OC)CN1C(=O)c1ccc(-c2cnco2)cc1. The maximum atomic E-state index is 12.8. The first kappa shape index (κ1) is 15.7. The van der Waals surface area contributed by atoms with E-state index in [0.717, 1.165) is 12.0 Å². The van der Waals surface area contributed by atoms with Crippen molar-refractivity contribution in [3.05, 3.63) is 42.4 Å². The molecule has 6 nitrogen and oxygen atoms in total. The number of rotatable bonds is 5. The number of amides is 1. The lowest BCUT2D eigenvalue weighted by atomic mass is 10.1. The van der Waals surface area contributed by atoms with Gasteiger partial charge in [0.15, 0.2) is 12.2 Å². The summed E-state index contributed by atoms with van der Waals surface area (Å²) >= 11 is 0. The molecule has 1 fully saturated rings. The summed E-state index contributed by atoms with van der Waals surface area (Å²) in [4.78, 5) is 18.5. The maximum absolute atomic E-state index is 12.8. The molecule has 0 radical (unpaired) electrons. The van der Waals surface area contributed by atoms with Crippen molar-refractivity contribution in [3.63, 3.8) is 0 Å². The highest BCUT2D eigenvalue weighted by atomic mass is 16.5. The van der Waals surface area contributed by atoms with Gasteiger partial charge in [0.2, 0.25) is 0 Å². The summed E-state index contributed by atoms with van der Waals surface area (Å²) in [6, 6.07) is 7.40. The smallest absolute Gasteiger partial charge is 0.254 e. The van der Waals surface area contributed by atoms with Gasteiger partial charge in [-0.05, 0) is 18.6 Å². The van der Waals surface area contributed by atoms with Crippen LogP contribution in [0.15, 0.2) is 41.3 Å². The Morgan fingerprint density at radius 3 is 2.74 bits per heavy atom. The molecular weight excluding hydrogens is 296 g/mol. The van der Waals surface area contributed by atoms with E-state index in [9.17, 15) is 4.79 Å². The highest BCUT2D eigenvalue weighted by molar-refractivity contribution is 5.95. The Bertz CT molecular complexity index is 639. The molecule has 1 amide bonds. The average molecular weight is 316 g/mol. The van der Waals surface area contributed by atoms with Gasteiger partial charge in [0.1, 0.15) is 0 Å². The molecule has 1 aromatic heterocycles. The summed E-state index contributed by atoms with van der Waals surface area (Å²) in [6.45, 7) is 1.11. The molecule has 0 unspecified atom stereocenters. The molecule has 2 atom stereocenters. The Morgan fingerprint density at radius 2 is 2.13 bits per heavy atom. The first-order valence-corrected chi connectivity index (χ1v) is 7.54. The van der Waals surface area contributed by atoms with Crippen molar-refractivity contribution in [2.75, 3.05) is 27.4 Å². The van der Waals surface area contributed by atoms with Gasteiger partial charge in [-0.2, -0.15) is 0 Å². The Balaban J connectivity index is 1.76. The van der Waals surface area contributed by atoms with E-state index in [1.54, 1.807) is 20.4 Å². The van der Waals surface area contributed by atoms with Crippen molar-refractivity contribution in [1.82, 2.24) is 9.88 Å². The van der Waals surface area contributed by atoms with E-state index in [4.69, 9.17) is 13.9 Å². The Kier molecular flexibility index (Phi) is 4.73. The lowest BCUT2D eigenvalue weighted by molar-refractivity contribution is 0.0612. The first-order chi connectivity index (χ1) is 11.2. The van der Waals surface area contributed by atoms with Crippen LogP contribution in [-0.4, -0.2) is 55.3 Å². The van der Waals surface area contributed by atoms with Crippen LogP contribution >= 0.6 is 0 Å². The summed E-state index contributed by atoms with van der Waals surface area (Å²) in [7, 11) is 3.32. The van der Waals surface area contributed by atoms with Gasteiger partial charge < -0.3 is 18.8 Å². The molecule has 2 heterocycles. The lowest BCUT2D eigenvalue weighted by Gasteiger charge is -2.23. The van der Waals surface area contributed by atoms with Crippen LogP contribution in [0, 0.1) is 0 Å². The summed E-state index contributed by atoms with van der Waals surface area (Å²) in [5.74, 6) is 0.678. The third-order valence-electron chi connectivity index (χ3n) is 4.18. The van der Waals surface area contributed by atoms with Gasteiger partial charge in [-0.15, -0.1) is 0 Å². The zero-order chi connectivity index (χ0) is 16.2. The molecule has 1 aliphatic heterocycles. The highest BCUT2D eigenvalue weighted by Gasteiger charge is 2.35. The largest absolute Gasteiger partial charge is 0.444 e. The van der Waals surface area contributed by atoms with Gasteiger partial charge in [0.05, 0.1) is 24.9 Å². The van der Waals surface area contributed by atoms with E-state index < -0.39 is 0 Å². The number of benzene rings is 1. The second-order valence-electron chi connectivity index (χ2n) is 5.60. The molecule has 122 valence electrons. The average Bonchev–Trinajstić information content (AvgIpc) is 3.24. The van der Waals surface area contributed by atoms with Crippen molar-refractivity contribution in [2.45, 2.75) is 18.6 Å². The molecule has 0 bridgehead atoms. The zero-order valence-corrected chi connectivity index (χ0v) is 13.3. The van der Waals surface area contributed by atoms with E-state index in [-0.39, 0.29) is 18.1 Å². The van der Waals surface area contributed by atoms with Crippen LogP contribution in [0.1, 0.15) is 16.8 Å². The van der Waals surface area contributed by atoms with Crippen LogP contribution in [0.4, 0.5) is 0 Å². The number of carbonyl (C=O) groups excluding carboxylic acids is 1. The van der Waals surface area contributed by atoms with Crippen molar-refractivity contribution in [3.8, 4) is 11.3 Å². The Labute approximate surface area is 135 Å². The zero-order valence-electron chi connectivity index (χ0n) is 13.3. The van der Waals surface area contributed by atoms with E-state index in [1.807, 2.05) is 29.2 Å². The summed E-state index contributed by atoms with van der Waals surface area (Å²) in [6.07, 6.45) is 3.90. The summed E-state index contributed by atoms with van der Waals surface area (Å²) < 4.78 is 15.9. The second-order valence-corrected chi connectivity index (χ2v) is 5.60. The molecule has 6 heteroatoms. The highest BCUT2D eigenvalue weighted by Crippen LogP contribution is 2.24. The van der Waals surface area contributed by atoms with Crippen LogP contribution in [0.3, 0.4) is 0 Å². The standard InChI is InChI=1S/C17H20N2O4/c1-21-10-14-7-15(22-2)9-19(14)17(20)13-5-3-12(4-6-13)16-8-18-11-23-16/h3-6,8,11,14-15H,7,9-10H2,1-2H3/t14-,15+/m0/s1. The van der Waals surface area contributed by atoms with Crippen molar-refractivity contribution < 1.29 is 18.7 Å². The molecule has 0 aliphatic carbocycles. The predicted octanol–water partition coefficient (Wildman–Crippen LogP) is 2.22. The number of methoxy groups -OCH3 is 2. The van der Waals surface area contributed by atoms with Crippen LogP contribution < -0.4 is 0 Å². The van der Waals surface area contributed by atoms with Gasteiger partial charge in [-0.25, -0.2) is 4.98 Å². The Hall–Kier alpha value is -2.18. The number of hydrogen-bond donors (Lipinski definition) is 0. The quantitative estimate of drug-likeness (QED) is 0.846. The maximum Gasteiger partial charge on any atom is 0.254 e. The molecule has 2 aromatic rings. The second kappa shape index (κ2) is 6.93. The fraction of sp³-hybridized carbons (Fsp3) is 0.412. The number of oxazole rings is 1.